The molecule has 20 heavy (non-hydrogen) atoms. The number of methoxy groups -OCH3 is 1. The zero-order chi connectivity index (χ0) is 15.0. The SMILES string of the molecule is CCOC(=O)CCC(=O)N[C@H](C)c1ccc(OC)cc1. The summed E-state index contributed by atoms with van der Waals surface area (Å²) in [5, 5.41) is 2.84. The summed E-state index contributed by atoms with van der Waals surface area (Å²) in [6.07, 6.45) is 0.244. The summed E-state index contributed by atoms with van der Waals surface area (Å²) in [5.74, 6) is 0.260. The third-order valence-electron chi connectivity index (χ3n) is 2.85. The lowest BCUT2D eigenvalue weighted by atomic mass is 10.1. The highest BCUT2D eigenvalue weighted by Gasteiger charge is 2.11. The summed E-state index contributed by atoms with van der Waals surface area (Å²) in [6, 6.07) is 7.37. The van der Waals surface area contributed by atoms with Crippen LogP contribution in [0.25, 0.3) is 0 Å². The lowest BCUT2D eigenvalue weighted by Crippen LogP contribution is -2.27. The summed E-state index contributed by atoms with van der Waals surface area (Å²) < 4.78 is 9.85. The molecule has 5 nitrogen and oxygen atoms in total. The van der Waals surface area contributed by atoms with Crippen LogP contribution in [0, 0.1) is 0 Å². The Labute approximate surface area is 119 Å². The van der Waals surface area contributed by atoms with E-state index in [1.54, 1.807) is 14.0 Å². The molecule has 0 saturated heterocycles. The van der Waals surface area contributed by atoms with Crippen molar-refractivity contribution in [3.63, 3.8) is 0 Å². The van der Waals surface area contributed by atoms with Gasteiger partial charge in [-0.25, -0.2) is 0 Å². The van der Waals surface area contributed by atoms with Gasteiger partial charge in [-0.05, 0) is 31.5 Å². The van der Waals surface area contributed by atoms with E-state index < -0.39 is 0 Å². The molecular formula is C15H21NO4. The van der Waals surface area contributed by atoms with Crippen LogP contribution in [0.1, 0.15) is 38.3 Å². The maximum atomic E-state index is 11.7. The van der Waals surface area contributed by atoms with Crippen molar-refractivity contribution in [3.05, 3.63) is 29.8 Å². The van der Waals surface area contributed by atoms with E-state index in [1.807, 2.05) is 31.2 Å². The van der Waals surface area contributed by atoms with Gasteiger partial charge in [0.15, 0.2) is 0 Å². The van der Waals surface area contributed by atoms with Crippen LogP contribution in [-0.2, 0) is 14.3 Å². The lowest BCUT2D eigenvalue weighted by Gasteiger charge is -2.14. The van der Waals surface area contributed by atoms with Crippen molar-refractivity contribution in [2.24, 2.45) is 0 Å². The van der Waals surface area contributed by atoms with Crippen molar-refractivity contribution in [2.45, 2.75) is 32.7 Å². The minimum absolute atomic E-state index is 0.106. The summed E-state index contributed by atoms with van der Waals surface area (Å²) in [7, 11) is 1.61. The van der Waals surface area contributed by atoms with E-state index in [0.717, 1.165) is 11.3 Å². The highest BCUT2D eigenvalue weighted by atomic mass is 16.5. The molecule has 1 rings (SSSR count). The normalized spacial score (nSPS) is 11.6. The summed E-state index contributed by atoms with van der Waals surface area (Å²) in [5.41, 5.74) is 0.982. The van der Waals surface area contributed by atoms with Crippen molar-refractivity contribution < 1.29 is 19.1 Å². The number of carbonyl (C=O) groups excluding carboxylic acids is 2. The van der Waals surface area contributed by atoms with Crippen molar-refractivity contribution in [3.8, 4) is 5.75 Å². The second-order valence-corrected chi connectivity index (χ2v) is 4.37. The number of amides is 1. The highest BCUT2D eigenvalue weighted by Crippen LogP contribution is 2.17. The molecule has 1 amide bonds. The first kappa shape index (κ1) is 16.0. The van der Waals surface area contributed by atoms with Gasteiger partial charge in [0.25, 0.3) is 0 Å². The molecule has 0 saturated carbocycles. The van der Waals surface area contributed by atoms with Gasteiger partial charge in [0.05, 0.1) is 26.2 Å². The van der Waals surface area contributed by atoms with Gasteiger partial charge in [-0.1, -0.05) is 12.1 Å². The molecule has 0 bridgehead atoms. The van der Waals surface area contributed by atoms with Crippen LogP contribution in [0.15, 0.2) is 24.3 Å². The predicted octanol–water partition coefficient (Wildman–Crippen LogP) is 2.22. The first-order valence-electron chi connectivity index (χ1n) is 6.65. The van der Waals surface area contributed by atoms with Gasteiger partial charge in [-0.15, -0.1) is 0 Å². The van der Waals surface area contributed by atoms with E-state index in [-0.39, 0.29) is 30.8 Å². The maximum absolute atomic E-state index is 11.7. The zero-order valence-corrected chi connectivity index (χ0v) is 12.1. The molecule has 0 unspecified atom stereocenters. The largest absolute Gasteiger partial charge is 0.497 e. The molecule has 0 heterocycles. The molecule has 1 aromatic rings. The highest BCUT2D eigenvalue weighted by molar-refractivity contribution is 5.81. The number of esters is 1. The van der Waals surface area contributed by atoms with Gasteiger partial charge in [-0.2, -0.15) is 0 Å². The third-order valence-corrected chi connectivity index (χ3v) is 2.85. The summed E-state index contributed by atoms with van der Waals surface area (Å²) >= 11 is 0. The van der Waals surface area contributed by atoms with Crippen LogP contribution in [0.2, 0.25) is 0 Å². The molecule has 0 fully saturated rings. The Kier molecular flexibility index (Phi) is 6.56. The van der Waals surface area contributed by atoms with Crippen molar-refractivity contribution in [1.82, 2.24) is 5.32 Å². The number of ether oxygens (including phenoxy) is 2. The standard InChI is InChI=1S/C15H21NO4/c1-4-20-15(18)10-9-14(17)16-11(2)12-5-7-13(19-3)8-6-12/h5-8,11H,4,9-10H2,1-3H3,(H,16,17)/t11-/m1/s1. The minimum Gasteiger partial charge on any atom is -0.497 e. The van der Waals surface area contributed by atoms with E-state index >= 15 is 0 Å². The number of hydrogen-bond donors (Lipinski definition) is 1. The molecule has 5 heteroatoms. The lowest BCUT2D eigenvalue weighted by molar-refractivity contribution is -0.144. The molecule has 1 N–H and O–H groups in total. The number of hydrogen-bond acceptors (Lipinski definition) is 4. The first-order chi connectivity index (χ1) is 9.56. The van der Waals surface area contributed by atoms with Gasteiger partial charge in [0.2, 0.25) is 5.91 Å². The Morgan fingerprint density at radius 3 is 2.40 bits per heavy atom. The molecule has 0 aliphatic carbocycles. The summed E-state index contributed by atoms with van der Waals surface area (Å²) in [6.45, 7) is 3.97. The zero-order valence-electron chi connectivity index (χ0n) is 12.1. The van der Waals surface area contributed by atoms with Gasteiger partial charge < -0.3 is 14.8 Å². The monoisotopic (exact) mass is 279 g/mol. The Balaban J connectivity index is 2.42. The van der Waals surface area contributed by atoms with Crippen LogP contribution in [-0.4, -0.2) is 25.6 Å². The molecule has 1 atom stereocenters. The average molecular weight is 279 g/mol. The summed E-state index contributed by atoms with van der Waals surface area (Å²) in [4.78, 5) is 22.9. The maximum Gasteiger partial charge on any atom is 0.306 e. The second-order valence-electron chi connectivity index (χ2n) is 4.37. The molecule has 0 aromatic heterocycles. The van der Waals surface area contributed by atoms with Crippen LogP contribution < -0.4 is 10.1 Å². The quantitative estimate of drug-likeness (QED) is 0.777. The number of nitrogens with one attached hydrogen (secondary N) is 1. The minimum atomic E-state index is -0.347. The van der Waals surface area contributed by atoms with Crippen molar-refractivity contribution in [1.29, 1.82) is 0 Å². The fraction of sp³-hybridized carbons (Fsp3) is 0.467. The Morgan fingerprint density at radius 2 is 1.85 bits per heavy atom. The van der Waals surface area contributed by atoms with E-state index in [4.69, 9.17) is 9.47 Å². The fourth-order valence-electron chi connectivity index (χ4n) is 1.74. The molecule has 0 spiro atoms. The smallest absolute Gasteiger partial charge is 0.306 e. The van der Waals surface area contributed by atoms with Crippen LogP contribution in [0.3, 0.4) is 0 Å². The van der Waals surface area contributed by atoms with Gasteiger partial charge >= 0.3 is 5.97 Å². The molecule has 0 aliphatic heterocycles. The topological polar surface area (TPSA) is 64.6 Å². The second kappa shape index (κ2) is 8.19. The van der Waals surface area contributed by atoms with Gasteiger partial charge in [-0.3, -0.25) is 9.59 Å². The van der Waals surface area contributed by atoms with Gasteiger partial charge in [0, 0.05) is 6.42 Å². The van der Waals surface area contributed by atoms with Crippen molar-refractivity contribution >= 4 is 11.9 Å². The van der Waals surface area contributed by atoms with E-state index in [1.165, 1.54) is 0 Å². The van der Waals surface area contributed by atoms with Crippen LogP contribution >= 0.6 is 0 Å². The van der Waals surface area contributed by atoms with E-state index in [9.17, 15) is 9.59 Å². The average Bonchev–Trinajstić information content (AvgIpc) is 2.45. The Bertz CT molecular complexity index is 442. The van der Waals surface area contributed by atoms with Gasteiger partial charge in [0.1, 0.15) is 5.75 Å². The number of benzene rings is 1. The Hall–Kier alpha value is -2.04. The first-order valence-corrected chi connectivity index (χ1v) is 6.65. The van der Waals surface area contributed by atoms with Crippen LogP contribution in [0.5, 0.6) is 5.75 Å². The van der Waals surface area contributed by atoms with Crippen LogP contribution in [0.4, 0.5) is 0 Å². The number of carbonyl (C=O) groups is 2. The predicted molar refractivity (Wildman–Crippen MR) is 75.4 cm³/mol. The van der Waals surface area contributed by atoms with E-state index in [0.29, 0.717) is 6.61 Å². The van der Waals surface area contributed by atoms with E-state index in [2.05, 4.69) is 5.32 Å². The van der Waals surface area contributed by atoms with Crippen molar-refractivity contribution in [2.75, 3.05) is 13.7 Å². The molecule has 0 radical (unpaired) electrons. The molecule has 110 valence electrons. The molecule has 1 aromatic carbocycles. The fourth-order valence-corrected chi connectivity index (χ4v) is 1.74. The number of rotatable bonds is 7. The molecule has 0 aliphatic rings. The molecular weight excluding hydrogens is 258 g/mol. The third kappa shape index (κ3) is 5.30. The Morgan fingerprint density at radius 1 is 1.20 bits per heavy atom.